The molecule has 1 aliphatic heterocycles. The van der Waals surface area contributed by atoms with Crippen LogP contribution in [-0.4, -0.2) is 54.0 Å². The summed E-state index contributed by atoms with van der Waals surface area (Å²) in [5.41, 5.74) is 3.11. The number of carbonyl (C=O) groups excluding carboxylic acids is 1. The van der Waals surface area contributed by atoms with Gasteiger partial charge < -0.3 is 9.42 Å². The van der Waals surface area contributed by atoms with E-state index in [1.807, 2.05) is 29.2 Å². The molecule has 0 N–H and O–H groups in total. The molecule has 1 aliphatic rings. The zero-order valence-electron chi connectivity index (χ0n) is 16.7. The van der Waals surface area contributed by atoms with Crippen LogP contribution in [-0.2, 0) is 11.3 Å². The van der Waals surface area contributed by atoms with Gasteiger partial charge in [0, 0.05) is 41.9 Å². The molecule has 158 valence electrons. The van der Waals surface area contributed by atoms with Gasteiger partial charge in [-0.1, -0.05) is 10.4 Å². The van der Waals surface area contributed by atoms with Crippen molar-refractivity contribution in [1.82, 2.24) is 35.0 Å². The molecule has 4 aromatic rings. The zero-order valence-corrected chi connectivity index (χ0v) is 18.3. The Bertz CT molecular complexity index is 1230. The lowest BCUT2D eigenvalue weighted by atomic mass is 10.1. The number of carbonyl (C=O) groups is 1. The molecule has 1 aromatic carbocycles. The standard InChI is InChI=1S/C21H20BrN7O2/c22-16-10-15(12-23-13-16)21-24-20(26-31-21)14-4-5-18-17(11-14)25-27-29(18)9-6-19(30)28-7-2-1-3-8-28/h4-5,10-13H,1-3,6-9H2. The lowest BCUT2D eigenvalue weighted by Crippen LogP contribution is -2.36. The molecule has 0 bridgehead atoms. The first-order chi connectivity index (χ1) is 15.2. The van der Waals surface area contributed by atoms with Crippen molar-refractivity contribution in [2.75, 3.05) is 13.1 Å². The van der Waals surface area contributed by atoms with E-state index < -0.39 is 0 Å². The summed E-state index contributed by atoms with van der Waals surface area (Å²) >= 11 is 3.39. The molecule has 1 amide bonds. The van der Waals surface area contributed by atoms with Crippen LogP contribution in [0.1, 0.15) is 25.7 Å². The highest BCUT2D eigenvalue weighted by Crippen LogP contribution is 2.25. The number of fused-ring (bicyclic) bond motifs is 1. The summed E-state index contributed by atoms with van der Waals surface area (Å²) in [7, 11) is 0. The second-order valence-electron chi connectivity index (χ2n) is 7.52. The van der Waals surface area contributed by atoms with Gasteiger partial charge in [-0.15, -0.1) is 5.10 Å². The summed E-state index contributed by atoms with van der Waals surface area (Å²) in [6.07, 6.45) is 7.18. The van der Waals surface area contributed by atoms with E-state index in [0.29, 0.717) is 24.7 Å². The van der Waals surface area contributed by atoms with Crippen molar-refractivity contribution in [3.8, 4) is 22.8 Å². The number of nitrogens with zero attached hydrogens (tertiary/aromatic N) is 7. The summed E-state index contributed by atoms with van der Waals surface area (Å²) < 4.78 is 8.00. The van der Waals surface area contributed by atoms with E-state index >= 15 is 0 Å². The van der Waals surface area contributed by atoms with E-state index in [1.165, 1.54) is 6.42 Å². The largest absolute Gasteiger partial charge is 0.343 e. The maximum atomic E-state index is 12.4. The summed E-state index contributed by atoms with van der Waals surface area (Å²) in [6.45, 7) is 2.24. The van der Waals surface area contributed by atoms with E-state index in [0.717, 1.165) is 52.6 Å². The molecule has 0 radical (unpaired) electrons. The number of aromatic nitrogens is 6. The van der Waals surface area contributed by atoms with Gasteiger partial charge in [-0.2, -0.15) is 4.98 Å². The topological polar surface area (TPSA) is 103 Å². The Morgan fingerprint density at radius 2 is 1.97 bits per heavy atom. The molecule has 4 heterocycles. The number of hydrogen-bond donors (Lipinski definition) is 0. The van der Waals surface area contributed by atoms with Gasteiger partial charge in [0.2, 0.25) is 11.7 Å². The minimum Gasteiger partial charge on any atom is -0.343 e. The summed E-state index contributed by atoms with van der Waals surface area (Å²) in [5.74, 6) is 1.04. The van der Waals surface area contributed by atoms with Crippen LogP contribution in [0.15, 0.2) is 45.7 Å². The highest BCUT2D eigenvalue weighted by molar-refractivity contribution is 9.10. The molecule has 10 heteroatoms. The first-order valence-corrected chi connectivity index (χ1v) is 11.0. The van der Waals surface area contributed by atoms with Crippen molar-refractivity contribution in [2.45, 2.75) is 32.2 Å². The number of halogens is 1. The Morgan fingerprint density at radius 3 is 2.81 bits per heavy atom. The fourth-order valence-corrected chi connectivity index (χ4v) is 4.13. The second-order valence-corrected chi connectivity index (χ2v) is 8.44. The zero-order chi connectivity index (χ0) is 21.2. The fourth-order valence-electron chi connectivity index (χ4n) is 3.77. The van der Waals surface area contributed by atoms with Crippen LogP contribution in [0.5, 0.6) is 0 Å². The van der Waals surface area contributed by atoms with E-state index in [4.69, 9.17) is 4.52 Å². The van der Waals surface area contributed by atoms with Gasteiger partial charge in [-0.3, -0.25) is 9.78 Å². The quantitative estimate of drug-likeness (QED) is 0.427. The van der Waals surface area contributed by atoms with Gasteiger partial charge in [-0.25, -0.2) is 4.68 Å². The van der Waals surface area contributed by atoms with Gasteiger partial charge in [0.1, 0.15) is 5.52 Å². The van der Waals surface area contributed by atoms with Crippen LogP contribution >= 0.6 is 15.9 Å². The van der Waals surface area contributed by atoms with E-state index in [1.54, 1.807) is 17.1 Å². The molecule has 0 aliphatic carbocycles. The Kier molecular flexibility index (Phi) is 5.46. The normalized spacial score (nSPS) is 14.3. The minimum absolute atomic E-state index is 0.182. The molecule has 31 heavy (non-hydrogen) atoms. The number of amides is 1. The summed E-state index contributed by atoms with van der Waals surface area (Å²) in [5, 5.41) is 12.6. The van der Waals surface area contributed by atoms with E-state index in [-0.39, 0.29) is 5.91 Å². The minimum atomic E-state index is 0.182. The summed E-state index contributed by atoms with van der Waals surface area (Å²) in [6, 6.07) is 7.57. The predicted octanol–water partition coefficient (Wildman–Crippen LogP) is 3.71. The van der Waals surface area contributed by atoms with E-state index in [2.05, 4.69) is 41.4 Å². The molecule has 3 aromatic heterocycles. The highest BCUT2D eigenvalue weighted by Gasteiger charge is 2.17. The van der Waals surface area contributed by atoms with E-state index in [9.17, 15) is 4.79 Å². The Labute approximate surface area is 186 Å². The lowest BCUT2D eigenvalue weighted by molar-refractivity contribution is -0.132. The molecular formula is C21H20BrN7O2. The number of benzene rings is 1. The predicted molar refractivity (Wildman–Crippen MR) is 117 cm³/mol. The Morgan fingerprint density at radius 1 is 1.10 bits per heavy atom. The third-order valence-electron chi connectivity index (χ3n) is 5.40. The maximum Gasteiger partial charge on any atom is 0.259 e. The maximum absolute atomic E-state index is 12.4. The van der Waals surface area contributed by atoms with Crippen LogP contribution in [0.2, 0.25) is 0 Å². The first-order valence-electron chi connectivity index (χ1n) is 10.2. The fraction of sp³-hybridized carbons (Fsp3) is 0.333. The molecule has 9 nitrogen and oxygen atoms in total. The van der Waals surface area contributed by atoms with Crippen LogP contribution < -0.4 is 0 Å². The van der Waals surface area contributed by atoms with Crippen LogP contribution in [0, 0.1) is 0 Å². The van der Waals surface area contributed by atoms with Crippen LogP contribution in [0.4, 0.5) is 0 Å². The second kappa shape index (κ2) is 8.54. The number of likely N-dealkylation sites (tertiary alicyclic amines) is 1. The average Bonchev–Trinajstić information content (AvgIpc) is 3.45. The number of rotatable bonds is 5. The Balaban J connectivity index is 1.32. The van der Waals surface area contributed by atoms with Gasteiger partial charge in [-0.05, 0) is 59.5 Å². The third kappa shape index (κ3) is 4.20. The van der Waals surface area contributed by atoms with Crippen molar-refractivity contribution >= 4 is 32.9 Å². The SMILES string of the molecule is O=C(CCn1nnc2cc(-c3noc(-c4cncc(Br)c4)n3)ccc21)N1CCCCC1. The first kappa shape index (κ1) is 19.8. The number of aryl methyl sites for hydroxylation is 1. The van der Waals surface area contributed by atoms with Gasteiger partial charge >= 0.3 is 0 Å². The average molecular weight is 482 g/mol. The number of piperidine rings is 1. The molecule has 0 atom stereocenters. The molecule has 0 saturated carbocycles. The number of hydrogen-bond acceptors (Lipinski definition) is 7. The summed E-state index contributed by atoms with van der Waals surface area (Å²) in [4.78, 5) is 23.0. The molecular weight excluding hydrogens is 462 g/mol. The third-order valence-corrected chi connectivity index (χ3v) is 5.83. The highest BCUT2D eigenvalue weighted by atomic mass is 79.9. The smallest absolute Gasteiger partial charge is 0.259 e. The lowest BCUT2D eigenvalue weighted by Gasteiger charge is -2.26. The molecule has 0 spiro atoms. The monoisotopic (exact) mass is 481 g/mol. The van der Waals surface area contributed by atoms with Crippen LogP contribution in [0.25, 0.3) is 33.9 Å². The molecule has 1 saturated heterocycles. The molecule has 0 unspecified atom stereocenters. The van der Waals surface area contributed by atoms with Crippen molar-refractivity contribution in [2.24, 2.45) is 0 Å². The van der Waals surface area contributed by atoms with Gasteiger partial charge in [0.05, 0.1) is 17.6 Å². The van der Waals surface area contributed by atoms with Crippen molar-refractivity contribution in [1.29, 1.82) is 0 Å². The van der Waals surface area contributed by atoms with Crippen LogP contribution in [0.3, 0.4) is 0 Å². The van der Waals surface area contributed by atoms with Crippen molar-refractivity contribution in [3.63, 3.8) is 0 Å². The van der Waals surface area contributed by atoms with Gasteiger partial charge in [0.25, 0.3) is 5.89 Å². The Hall–Kier alpha value is -3.14. The van der Waals surface area contributed by atoms with Crippen molar-refractivity contribution < 1.29 is 9.32 Å². The van der Waals surface area contributed by atoms with Crippen molar-refractivity contribution in [3.05, 3.63) is 41.1 Å². The molecule has 5 rings (SSSR count). The van der Waals surface area contributed by atoms with Gasteiger partial charge in [0.15, 0.2) is 0 Å². The number of pyridine rings is 1. The molecule has 1 fully saturated rings.